The van der Waals surface area contributed by atoms with Crippen LogP contribution in [0, 0.1) is 0 Å². The maximum absolute atomic E-state index is 12.6. The van der Waals surface area contributed by atoms with Gasteiger partial charge in [0.25, 0.3) is 5.91 Å². The van der Waals surface area contributed by atoms with Crippen LogP contribution in [0.1, 0.15) is 42.5 Å². The number of nitrogens with two attached hydrogens (primary N) is 1. The topological polar surface area (TPSA) is 62.5 Å². The third kappa shape index (κ3) is 3.02. The molecular formula is C16H24N4O. The molecule has 1 atom stereocenters. The first kappa shape index (κ1) is 14.3. The van der Waals surface area contributed by atoms with Crippen LogP contribution in [0.25, 0.3) is 0 Å². The molecule has 1 aromatic rings. The van der Waals surface area contributed by atoms with Gasteiger partial charge in [0, 0.05) is 38.4 Å². The molecule has 3 rings (SSSR count). The molecule has 1 aromatic heterocycles. The lowest BCUT2D eigenvalue weighted by Crippen LogP contribution is -2.47. The summed E-state index contributed by atoms with van der Waals surface area (Å²) in [7, 11) is 0. The van der Waals surface area contributed by atoms with Gasteiger partial charge in [0.2, 0.25) is 0 Å². The van der Waals surface area contributed by atoms with E-state index in [0.29, 0.717) is 12.1 Å². The first-order valence-corrected chi connectivity index (χ1v) is 8.01. The average Bonchev–Trinajstić information content (AvgIpc) is 3.09. The fraction of sp³-hybridized carbons (Fsp3) is 0.625. The van der Waals surface area contributed by atoms with Crippen molar-refractivity contribution in [3.63, 3.8) is 0 Å². The van der Waals surface area contributed by atoms with Crippen molar-refractivity contribution in [2.75, 3.05) is 31.1 Å². The summed E-state index contributed by atoms with van der Waals surface area (Å²) >= 11 is 0. The standard InChI is InChI=1S/C16H24N4O/c17-11-14-5-1-2-10-20(14)16(21)13-6-7-15(18-12-13)19-8-3-4-9-19/h6-7,12,14H,1-5,8-11,17H2. The van der Waals surface area contributed by atoms with Crippen LogP contribution >= 0.6 is 0 Å². The molecule has 114 valence electrons. The molecule has 0 aromatic carbocycles. The van der Waals surface area contributed by atoms with Crippen LogP contribution in [0.5, 0.6) is 0 Å². The van der Waals surface area contributed by atoms with Gasteiger partial charge in [-0.15, -0.1) is 0 Å². The molecular weight excluding hydrogens is 264 g/mol. The van der Waals surface area contributed by atoms with Gasteiger partial charge in [0.15, 0.2) is 0 Å². The fourth-order valence-corrected chi connectivity index (χ4v) is 3.32. The molecule has 2 aliphatic heterocycles. The lowest BCUT2D eigenvalue weighted by atomic mass is 10.0. The number of carbonyl (C=O) groups is 1. The SMILES string of the molecule is NCC1CCCCN1C(=O)c1ccc(N2CCCC2)nc1. The van der Waals surface area contributed by atoms with E-state index >= 15 is 0 Å². The van der Waals surface area contributed by atoms with Gasteiger partial charge in [-0.05, 0) is 44.2 Å². The van der Waals surface area contributed by atoms with Gasteiger partial charge in [-0.25, -0.2) is 4.98 Å². The van der Waals surface area contributed by atoms with Crippen molar-refractivity contribution in [3.8, 4) is 0 Å². The number of amides is 1. The van der Waals surface area contributed by atoms with E-state index in [2.05, 4.69) is 9.88 Å². The minimum atomic E-state index is 0.0746. The quantitative estimate of drug-likeness (QED) is 0.918. The number of likely N-dealkylation sites (tertiary alicyclic amines) is 1. The number of aromatic nitrogens is 1. The zero-order chi connectivity index (χ0) is 14.7. The Morgan fingerprint density at radius 3 is 2.62 bits per heavy atom. The minimum Gasteiger partial charge on any atom is -0.357 e. The Morgan fingerprint density at radius 1 is 1.19 bits per heavy atom. The summed E-state index contributed by atoms with van der Waals surface area (Å²) in [6.45, 7) is 3.50. The average molecular weight is 288 g/mol. The first-order valence-electron chi connectivity index (χ1n) is 8.01. The van der Waals surface area contributed by atoms with Crippen molar-refractivity contribution in [2.45, 2.75) is 38.1 Å². The molecule has 2 saturated heterocycles. The van der Waals surface area contributed by atoms with Gasteiger partial charge in [0.1, 0.15) is 5.82 Å². The van der Waals surface area contributed by atoms with Crippen LogP contribution < -0.4 is 10.6 Å². The lowest BCUT2D eigenvalue weighted by molar-refractivity contribution is 0.0623. The van der Waals surface area contributed by atoms with E-state index < -0.39 is 0 Å². The predicted octanol–water partition coefficient (Wildman–Crippen LogP) is 1.64. The summed E-state index contributed by atoms with van der Waals surface area (Å²) in [5.74, 6) is 1.06. The summed E-state index contributed by atoms with van der Waals surface area (Å²) in [4.78, 5) is 21.3. The number of hydrogen-bond donors (Lipinski definition) is 1. The lowest BCUT2D eigenvalue weighted by Gasteiger charge is -2.35. The molecule has 0 bridgehead atoms. The van der Waals surface area contributed by atoms with Gasteiger partial charge < -0.3 is 15.5 Å². The number of carbonyl (C=O) groups excluding carboxylic acids is 1. The van der Waals surface area contributed by atoms with E-state index in [1.807, 2.05) is 17.0 Å². The zero-order valence-electron chi connectivity index (χ0n) is 12.5. The number of nitrogens with zero attached hydrogens (tertiary/aromatic N) is 3. The van der Waals surface area contributed by atoms with Crippen molar-refractivity contribution >= 4 is 11.7 Å². The fourth-order valence-electron chi connectivity index (χ4n) is 3.32. The van der Waals surface area contributed by atoms with E-state index in [1.54, 1.807) is 6.20 Å². The molecule has 2 fully saturated rings. The number of rotatable bonds is 3. The Kier molecular flexibility index (Phi) is 4.39. The van der Waals surface area contributed by atoms with E-state index in [-0.39, 0.29) is 11.9 Å². The number of hydrogen-bond acceptors (Lipinski definition) is 4. The van der Waals surface area contributed by atoms with Gasteiger partial charge in [-0.2, -0.15) is 0 Å². The molecule has 0 aliphatic carbocycles. The smallest absolute Gasteiger partial charge is 0.255 e. The Balaban J connectivity index is 1.71. The van der Waals surface area contributed by atoms with Crippen LogP contribution in [0.3, 0.4) is 0 Å². The van der Waals surface area contributed by atoms with Crippen molar-refractivity contribution in [2.24, 2.45) is 5.73 Å². The Hall–Kier alpha value is -1.62. The molecule has 21 heavy (non-hydrogen) atoms. The molecule has 5 heteroatoms. The van der Waals surface area contributed by atoms with E-state index in [4.69, 9.17) is 5.73 Å². The number of pyridine rings is 1. The first-order chi connectivity index (χ1) is 10.3. The summed E-state index contributed by atoms with van der Waals surface area (Å²) < 4.78 is 0. The molecule has 5 nitrogen and oxygen atoms in total. The Labute approximate surface area is 126 Å². The second-order valence-electron chi connectivity index (χ2n) is 5.98. The zero-order valence-corrected chi connectivity index (χ0v) is 12.5. The van der Waals surface area contributed by atoms with Gasteiger partial charge in [-0.1, -0.05) is 0 Å². The van der Waals surface area contributed by atoms with Crippen molar-refractivity contribution in [1.29, 1.82) is 0 Å². The van der Waals surface area contributed by atoms with Gasteiger partial charge in [-0.3, -0.25) is 4.79 Å². The molecule has 1 unspecified atom stereocenters. The molecule has 3 heterocycles. The second-order valence-corrected chi connectivity index (χ2v) is 5.98. The predicted molar refractivity (Wildman–Crippen MR) is 83.4 cm³/mol. The van der Waals surface area contributed by atoms with E-state index in [1.165, 1.54) is 12.8 Å². The van der Waals surface area contributed by atoms with Crippen LogP contribution in [-0.4, -0.2) is 48.0 Å². The van der Waals surface area contributed by atoms with E-state index in [9.17, 15) is 4.79 Å². The summed E-state index contributed by atoms with van der Waals surface area (Å²) in [6.07, 6.45) is 7.43. The van der Waals surface area contributed by atoms with Crippen molar-refractivity contribution < 1.29 is 4.79 Å². The van der Waals surface area contributed by atoms with Crippen LogP contribution in [0.15, 0.2) is 18.3 Å². The monoisotopic (exact) mass is 288 g/mol. The Bertz CT molecular complexity index is 482. The maximum atomic E-state index is 12.6. The summed E-state index contributed by atoms with van der Waals surface area (Å²) in [6, 6.07) is 4.06. The third-order valence-electron chi connectivity index (χ3n) is 4.58. The van der Waals surface area contributed by atoms with Crippen molar-refractivity contribution in [3.05, 3.63) is 23.9 Å². The van der Waals surface area contributed by atoms with Gasteiger partial charge >= 0.3 is 0 Å². The van der Waals surface area contributed by atoms with Crippen molar-refractivity contribution in [1.82, 2.24) is 9.88 Å². The second kappa shape index (κ2) is 6.43. The highest BCUT2D eigenvalue weighted by Gasteiger charge is 2.26. The Morgan fingerprint density at radius 2 is 1.95 bits per heavy atom. The largest absolute Gasteiger partial charge is 0.357 e. The van der Waals surface area contributed by atoms with Crippen LogP contribution in [0.2, 0.25) is 0 Å². The van der Waals surface area contributed by atoms with Crippen LogP contribution in [0.4, 0.5) is 5.82 Å². The number of anilines is 1. The van der Waals surface area contributed by atoms with E-state index in [0.717, 1.165) is 44.7 Å². The minimum absolute atomic E-state index is 0.0746. The third-order valence-corrected chi connectivity index (χ3v) is 4.58. The summed E-state index contributed by atoms with van der Waals surface area (Å²) in [5, 5.41) is 0. The highest BCUT2D eigenvalue weighted by Crippen LogP contribution is 2.21. The normalized spacial score (nSPS) is 22.6. The molecule has 2 N–H and O–H groups in total. The molecule has 1 amide bonds. The highest BCUT2D eigenvalue weighted by molar-refractivity contribution is 5.94. The highest BCUT2D eigenvalue weighted by atomic mass is 16.2. The molecule has 0 spiro atoms. The molecule has 2 aliphatic rings. The summed E-state index contributed by atoms with van der Waals surface area (Å²) in [5.41, 5.74) is 6.48. The molecule has 0 radical (unpaired) electrons. The van der Waals surface area contributed by atoms with Crippen LogP contribution in [-0.2, 0) is 0 Å². The molecule has 0 saturated carbocycles. The maximum Gasteiger partial charge on any atom is 0.255 e. The van der Waals surface area contributed by atoms with Gasteiger partial charge in [0.05, 0.1) is 5.56 Å². The number of piperidine rings is 1.